The number of fused-ring (bicyclic) bond motifs is 1. The van der Waals surface area contributed by atoms with Gasteiger partial charge in [0.05, 0.1) is 12.1 Å². The molecule has 3 atom stereocenters. The Morgan fingerprint density at radius 1 is 1.22 bits per heavy atom. The molecule has 0 saturated heterocycles. The Morgan fingerprint density at radius 3 is 2.50 bits per heavy atom. The van der Waals surface area contributed by atoms with Crippen molar-refractivity contribution in [3.8, 4) is 5.75 Å². The number of ether oxygens (including phenoxy) is 1. The molecule has 2 N–H and O–H groups in total. The zero-order valence-electron chi connectivity index (χ0n) is 10.3. The van der Waals surface area contributed by atoms with E-state index < -0.39 is 0 Å². The minimum atomic E-state index is 0.0104. The molecule has 2 aliphatic rings. The fourth-order valence-corrected chi connectivity index (χ4v) is 4.10. The second-order valence-corrected chi connectivity index (χ2v) is 6.18. The third-order valence-electron chi connectivity index (χ3n) is 4.52. The van der Waals surface area contributed by atoms with Gasteiger partial charge in [-0.25, -0.2) is 0 Å². The lowest BCUT2D eigenvalue weighted by Gasteiger charge is -2.17. The molecular formula is C14H17Cl2NO. The van der Waals surface area contributed by atoms with Crippen molar-refractivity contribution in [1.82, 2.24) is 0 Å². The van der Waals surface area contributed by atoms with Crippen molar-refractivity contribution in [2.75, 3.05) is 7.11 Å². The second kappa shape index (κ2) is 4.59. The van der Waals surface area contributed by atoms with E-state index in [-0.39, 0.29) is 6.04 Å². The van der Waals surface area contributed by atoms with Crippen LogP contribution in [0.15, 0.2) is 12.1 Å². The van der Waals surface area contributed by atoms with E-state index in [1.807, 2.05) is 6.07 Å². The molecule has 98 valence electrons. The van der Waals surface area contributed by atoms with E-state index in [1.165, 1.54) is 19.3 Å². The standard InChI is InChI=1S/C14H17Cl2NO/c1-18-12-6-10(15)9(5-11(12)16)14(17)13-7-3-2-4-8(7)13/h5-8,13-14H,2-4,17H2,1H3. The Morgan fingerprint density at radius 2 is 1.89 bits per heavy atom. The summed E-state index contributed by atoms with van der Waals surface area (Å²) in [6.45, 7) is 0. The Balaban J connectivity index is 1.86. The molecule has 0 aliphatic heterocycles. The molecule has 18 heavy (non-hydrogen) atoms. The summed E-state index contributed by atoms with van der Waals surface area (Å²) in [7, 11) is 1.59. The van der Waals surface area contributed by atoms with Crippen LogP contribution in [0.5, 0.6) is 5.75 Å². The molecular weight excluding hydrogens is 269 g/mol. The number of hydrogen-bond donors (Lipinski definition) is 1. The summed E-state index contributed by atoms with van der Waals surface area (Å²) in [5, 5.41) is 1.24. The van der Waals surface area contributed by atoms with E-state index in [9.17, 15) is 0 Å². The van der Waals surface area contributed by atoms with E-state index in [2.05, 4.69) is 0 Å². The normalized spacial score (nSPS) is 31.0. The average molecular weight is 286 g/mol. The lowest BCUT2D eigenvalue weighted by molar-refractivity contribution is 0.414. The summed E-state index contributed by atoms with van der Waals surface area (Å²) in [6, 6.07) is 3.63. The first-order chi connectivity index (χ1) is 8.63. The minimum Gasteiger partial charge on any atom is -0.495 e. The van der Waals surface area contributed by atoms with Gasteiger partial charge in [0.25, 0.3) is 0 Å². The van der Waals surface area contributed by atoms with Crippen molar-refractivity contribution >= 4 is 23.2 Å². The van der Waals surface area contributed by atoms with Gasteiger partial charge < -0.3 is 10.5 Å². The van der Waals surface area contributed by atoms with E-state index in [1.54, 1.807) is 13.2 Å². The van der Waals surface area contributed by atoms with E-state index in [0.29, 0.717) is 21.7 Å². The summed E-state index contributed by atoms with van der Waals surface area (Å²) in [4.78, 5) is 0. The van der Waals surface area contributed by atoms with Crippen molar-refractivity contribution in [2.45, 2.75) is 25.3 Å². The van der Waals surface area contributed by atoms with Crippen LogP contribution in [0.25, 0.3) is 0 Å². The van der Waals surface area contributed by atoms with Crippen LogP contribution in [-0.4, -0.2) is 7.11 Å². The molecule has 2 nitrogen and oxygen atoms in total. The topological polar surface area (TPSA) is 35.2 Å². The zero-order chi connectivity index (χ0) is 12.9. The molecule has 1 aromatic carbocycles. The predicted molar refractivity (Wildman–Crippen MR) is 74.3 cm³/mol. The maximum atomic E-state index is 6.37. The highest BCUT2D eigenvalue weighted by Crippen LogP contribution is 2.62. The monoisotopic (exact) mass is 285 g/mol. The van der Waals surface area contributed by atoms with Gasteiger partial charge in [0.2, 0.25) is 0 Å². The van der Waals surface area contributed by atoms with Gasteiger partial charge in [-0.3, -0.25) is 0 Å². The van der Waals surface area contributed by atoms with Crippen LogP contribution in [0, 0.1) is 17.8 Å². The SMILES string of the molecule is COc1cc(Cl)c(C(N)C2C3CCCC32)cc1Cl. The van der Waals surface area contributed by atoms with E-state index in [0.717, 1.165) is 17.4 Å². The molecule has 0 aromatic heterocycles. The maximum absolute atomic E-state index is 6.37. The minimum absolute atomic E-state index is 0.0104. The fourth-order valence-electron chi connectivity index (χ4n) is 3.57. The average Bonchev–Trinajstić information content (AvgIpc) is 2.83. The highest BCUT2D eigenvalue weighted by Gasteiger charge is 2.55. The van der Waals surface area contributed by atoms with Gasteiger partial charge in [0.15, 0.2) is 0 Å². The van der Waals surface area contributed by atoms with Crippen molar-refractivity contribution < 1.29 is 4.74 Å². The van der Waals surface area contributed by atoms with Gasteiger partial charge in [-0.15, -0.1) is 0 Å². The van der Waals surface area contributed by atoms with Crippen LogP contribution < -0.4 is 10.5 Å². The summed E-state index contributed by atoms with van der Waals surface area (Å²) < 4.78 is 5.15. The molecule has 0 spiro atoms. The number of benzene rings is 1. The number of nitrogens with two attached hydrogens (primary N) is 1. The largest absolute Gasteiger partial charge is 0.495 e. The van der Waals surface area contributed by atoms with Gasteiger partial charge >= 0.3 is 0 Å². The van der Waals surface area contributed by atoms with Crippen molar-refractivity contribution in [2.24, 2.45) is 23.5 Å². The number of methoxy groups -OCH3 is 1. The van der Waals surface area contributed by atoms with Crippen LogP contribution in [0.2, 0.25) is 10.0 Å². The van der Waals surface area contributed by atoms with Crippen LogP contribution in [0.1, 0.15) is 30.9 Å². The van der Waals surface area contributed by atoms with E-state index >= 15 is 0 Å². The molecule has 2 saturated carbocycles. The van der Waals surface area contributed by atoms with Crippen LogP contribution in [0.3, 0.4) is 0 Å². The van der Waals surface area contributed by atoms with E-state index in [4.69, 9.17) is 33.7 Å². The van der Waals surface area contributed by atoms with Gasteiger partial charge in [0.1, 0.15) is 5.75 Å². The zero-order valence-corrected chi connectivity index (χ0v) is 11.8. The highest BCUT2D eigenvalue weighted by atomic mass is 35.5. The summed E-state index contributed by atoms with van der Waals surface area (Å²) in [5.74, 6) is 2.84. The third kappa shape index (κ3) is 1.91. The summed E-state index contributed by atoms with van der Waals surface area (Å²) >= 11 is 12.4. The van der Waals surface area contributed by atoms with Gasteiger partial charge in [-0.1, -0.05) is 29.6 Å². The van der Waals surface area contributed by atoms with Crippen LogP contribution in [0.4, 0.5) is 0 Å². The molecule has 0 heterocycles. The van der Waals surface area contributed by atoms with Crippen molar-refractivity contribution in [1.29, 1.82) is 0 Å². The first-order valence-corrected chi connectivity index (χ1v) is 7.17. The predicted octanol–water partition coefficient (Wildman–Crippen LogP) is 4.05. The third-order valence-corrected chi connectivity index (χ3v) is 5.14. The maximum Gasteiger partial charge on any atom is 0.138 e. The Labute approximate surface area is 117 Å². The molecule has 3 unspecified atom stereocenters. The molecule has 0 bridgehead atoms. The van der Waals surface area contributed by atoms with Gasteiger partial charge in [0, 0.05) is 17.1 Å². The molecule has 2 fully saturated rings. The first kappa shape index (κ1) is 12.6. The van der Waals surface area contributed by atoms with Crippen LogP contribution >= 0.6 is 23.2 Å². The molecule has 1 aromatic rings. The number of halogens is 2. The molecule has 4 heteroatoms. The van der Waals surface area contributed by atoms with Crippen LogP contribution in [-0.2, 0) is 0 Å². The van der Waals surface area contributed by atoms with Gasteiger partial charge in [-0.2, -0.15) is 0 Å². The Hall–Kier alpha value is -0.440. The molecule has 0 radical (unpaired) electrons. The lowest BCUT2D eigenvalue weighted by atomic mass is 9.97. The second-order valence-electron chi connectivity index (χ2n) is 5.37. The number of rotatable bonds is 3. The van der Waals surface area contributed by atoms with Crippen molar-refractivity contribution in [3.05, 3.63) is 27.7 Å². The highest BCUT2D eigenvalue weighted by molar-refractivity contribution is 6.34. The quantitative estimate of drug-likeness (QED) is 0.909. The lowest BCUT2D eigenvalue weighted by Crippen LogP contribution is -2.16. The first-order valence-electron chi connectivity index (χ1n) is 6.42. The Kier molecular flexibility index (Phi) is 3.21. The molecule has 2 aliphatic carbocycles. The number of hydrogen-bond acceptors (Lipinski definition) is 2. The molecule has 0 amide bonds. The van der Waals surface area contributed by atoms with Crippen molar-refractivity contribution in [3.63, 3.8) is 0 Å². The summed E-state index contributed by atoms with van der Waals surface area (Å²) in [5.41, 5.74) is 7.33. The molecule has 3 rings (SSSR count). The smallest absolute Gasteiger partial charge is 0.138 e. The Bertz CT molecular complexity index is 467. The van der Waals surface area contributed by atoms with Gasteiger partial charge in [-0.05, 0) is 42.2 Å². The summed E-state index contributed by atoms with van der Waals surface area (Å²) in [6.07, 6.45) is 4.00. The fraction of sp³-hybridized carbons (Fsp3) is 0.571.